The van der Waals surface area contributed by atoms with E-state index in [2.05, 4.69) is 4.74 Å². The molecule has 0 heterocycles. The van der Waals surface area contributed by atoms with Gasteiger partial charge in [0, 0.05) is 19.2 Å². The molecule has 0 aromatic carbocycles. The molecule has 8 heteroatoms. The van der Waals surface area contributed by atoms with Crippen molar-refractivity contribution in [2.75, 3.05) is 86.7 Å². The first-order chi connectivity index (χ1) is 11.7. The molecule has 0 aromatic rings. The Kier molecular flexibility index (Phi) is 17.5. The Morgan fingerprint density at radius 3 is 1.92 bits per heavy atom. The molecule has 0 saturated carbocycles. The van der Waals surface area contributed by atoms with Crippen molar-refractivity contribution < 1.29 is 33.6 Å². The van der Waals surface area contributed by atoms with E-state index < -0.39 is 0 Å². The summed E-state index contributed by atoms with van der Waals surface area (Å²) >= 11 is 0. The molecule has 0 amide bonds. The lowest BCUT2D eigenvalue weighted by molar-refractivity contribution is -0.134. The van der Waals surface area contributed by atoms with Gasteiger partial charge >= 0.3 is 5.97 Å². The summed E-state index contributed by atoms with van der Waals surface area (Å²) in [6.45, 7) is 5.46. The smallest absolute Gasteiger partial charge is 0.330 e. The Balaban J connectivity index is 3.22. The lowest BCUT2D eigenvalue weighted by Gasteiger charge is -2.14. The van der Waals surface area contributed by atoms with Crippen molar-refractivity contribution in [2.45, 2.75) is 0 Å². The third-order valence-corrected chi connectivity index (χ3v) is 2.84. The van der Waals surface area contributed by atoms with Crippen LogP contribution in [0.3, 0.4) is 0 Å². The van der Waals surface area contributed by atoms with E-state index in [1.54, 1.807) is 6.08 Å². The number of aliphatic hydroxyl groups is 1. The Bertz CT molecular complexity index is 313. The minimum absolute atomic E-state index is 0.0308. The SMILES string of the molecule is COC(=O)/C=C/CN(C)CCOCCOCCOCCOCCO. The van der Waals surface area contributed by atoms with Gasteiger partial charge in [-0.2, -0.15) is 0 Å². The summed E-state index contributed by atoms with van der Waals surface area (Å²) in [4.78, 5) is 12.9. The predicted molar refractivity (Wildman–Crippen MR) is 89.0 cm³/mol. The Hall–Kier alpha value is -1.03. The van der Waals surface area contributed by atoms with Crippen molar-refractivity contribution in [3.8, 4) is 0 Å². The zero-order valence-corrected chi connectivity index (χ0v) is 14.8. The van der Waals surface area contributed by atoms with E-state index in [0.29, 0.717) is 59.4 Å². The lowest BCUT2D eigenvalue weighted by Crippen LogP contribution is -2.24. The van der Waals surface area contributed by atoms with Gasteiger partial charge in [-0.3, -0.25) is 0 Å². The fourth-order valence-corrected chi connectivity index (χ4v) is 1.53. The molecule has 0 fully saturated rings. The lowest BCUT2D eigenvalue weighted by atomic mass is 10.4. The molecule has 0 radical (unpaired) electrons. The summed E-state index contributed by atoms with van der Waals surface area (Å²) in [5.41, 5.74) is 0. The van der Waals surface area contributed by atoms with Gasteiger partial charge in [0.15, 0.2) is 0 Å². The van der Waals surface area contributed by atoms with Crippen LogP contribution < -0.4 is 0 Å². The molecular formula is C16H31NO7. The summed E-state index contributed by atoms with van der Waals surface area (Å²) in [5, 5.41) is 8.51. The average molecular weight is 349 g/mol. The number of nitrogens with zero attached hydrogens (tertiary/aromatic N) is 1. The molecule has 0 spiro atoms. The van der Waals surface area contributed by atoms with Crippen LogP contribution in [0.15, 0.2) is 12.2 Å². The predicted octanol–water partition coefficient (Wildman–Crippen LogP) is -0.294. The number of carbonyl (C=O) groups is 1. The monoisotopic (exact) mass is 349 g/mol. The maximum absolute atomic E-state index is 10.9. The Morgan fingerprint density at radius 2 is 1.42 bits per heavy atom. The van der Waals surface area contributed by atoms with Crippen LogP contribution in [0.4, 0.5) is 0 Å². The minimum atomic E-state index is -0.349. The molecule has 0 aliphatic rings. The van der Waals surface area contributed by atoms with Gasteiger partial charge < -0.3 is 33.7 Å². The van der Waals surface area contributed by atoms with Gasteiger partial charge in [0.2, 0.25) is 0 Å². The zero-order valence-electron chi connectivity index (χ0n) is 14.8. The van der Waals surface area contributed by atoms with Crippen molar-refractivity contribution >= 4 is 5.97 Å². The van der Waals surface area contributed by atoms with Crippen LogP contribution in [0.25, 0.3) is 0 Å². The number of methoxy groups -OCH3 is 1. The molecule has 1 N–H and O–H groups in total. The molecule has 0 bridgehead atoms. The highest BCUT2D eigenvalue weighted by Crippen LogP contribution is 1.87. The maximum Gasteiger partial charge on any atom is 0.330 e. The second-order valence-corrected chi connectivity index (χ2v) is 4.86. The van der Waals surface area contributed by atoms with Crippen molar-refractivity contribution in [2.24, 2.45) is 0 Å². The number of aliphatic hydroxyl groups excluding tert-OH is 1. The normalized spacial score (nSPS) is 11.5. The van der Waals surface area contributed by atoms with Gasteiger partial charge in [0.1, 0.15) is 0 Å². The fraction of sp³-hybridized carbons (Fsp3) is 0.812. The molecule has 24 heavy (non-hydrogen) atoms. The number of likely N-dealkylation sites (N-methyl/N-ethyl adjacent to an activating group) is 1. The largest absolute Gasteiger partial charge is 0.466 e. The third-order valence-electron chi connectivity index (χ3n) is 2.84. The first-order valence-electron chi connectivity index (χ1n) is 8.05. The van der Waals surface area contributed by atoms with E-state index in [-0.39, 0.29) is 12.6 Å². The molecule has 142 valence electrons. The summed E-state index contributed by atoms with van der Waals surface area (Å²) in [7, 11) is 3.30. The fourth-order valence-electron chi connectivity index (χ4n) is 1.53. The molecule has 0 aliphatic carbocycles. The Morgan fingerprint density at radius 1 is 0.917 bits per heavy atom. The quantitative estimate of drug-likeness (QED) is 0.218. The Labute approximate surface area is 144 Å². The molecule has 0 saturated heterocycles. The van der Waals surface area contributed by atoms with Crippen molar-refractivity contribution in [1.82, 2.24) is 4.90 Å². The number of hydrogen-bond acceptors (Lipinski definition) is 8. The highest BCUT2D eigenvalue weighted by Gasteiger charge is 1.97. The highest BCUT2D eigenvalue weighted by atomic mass is 16.6. The van der Waals surface area contributed by atoms with Crippen molar-refractivity contribution in [3.63, 3.8) is 0 Å². The molecular weight excluding hydrogens is 318 g/mol. The van der Waals surface area contributed by atoms with Gasteiger partial charge in [-0.1, -0.05) is 6.08 Å². The number of esters is 1. The topological polar surface area (TPSA) is 86.7 Å². The van der Waals surface area contributed by atoms with Crippen molar-refractivity contribution in [1.29, 1.82) is 0 Å². The van der Waals surface area contributed by atoms with Crippen LogP contribution >= 0.6 is 0 Å². The molecule has 0 aliphatic heterocycles. The average Bonchev–Trinajstić information content (AvgIpc) is 2.58. The summed E-state index contributed by atoms with van der Waals surface area (Å²) in [6.07, 6.45) is 3.16. The van der Waals surface area contributed by atoms with Gasteiger partial charge in [0.25, 0.3) is 0 Å². The first-order valence-corrected chi connectivity index (χ1v) is 8.05. The molecule has 0 rings (SSSR count). The van der Waals surface area contributed by atoms with Crippen LogP contribution in [0.2, 0.25) is 0 Å². The van der Waals surface area contributed by atoms with Gasteiger partial charge in [-0.25, -0.2) is 4.79 Å². The molecule has 8 nitrogen and oxygen atoms in total. The number of carbonyl (C=O) groups excluding carboxylic acids is 1. The summed E-state index contributed by atoms with van der Waals surface area (Å²) in [6, 6.07) is 0. The van der Waals surface area contributed by atoms with Crippen molar-refractivity contribution in [3.05, 3.63) is 12.2 Å². The molecule has 0 aromatic heterocycles. The van der Waals surface area contributed by atoms with Crippen LogP contribution in [0.5, 0.6) is 0 Å². The van der Waals surface area contributed by atoms with E-state index in [4.69, 9.17) is 24.1 Å². The van der Waals surface area contributed by atoms with Gasteiger partial charge in [0.05, 0.1) is 66.6 Å². The first kappa shape index (κ1) is 23.0. The molecule has 0 unspecified atom stereocenters. The van der Waals surface area contributed by atoms with Gasteiger partial charge in [-0.15, -0.1) is 0 Å². The number of hydrogen-bond donors (Lipinski definition) is 1. The van der Waals surface area contributed by atoms with E-state index in [0.717, 1.165) is 6.54 Å². The standard InChI is InChI=1S/C16H31NO7/c1-17(5-3-4-16(19)20-2)6-8-21-10-12-23-14-15-24-13-11-22-9-7-18/h3-4,18H,5-15H2,1-2H3/b4-3+. The second-order valence-electron chi connectivity index (χ2n) is 4.86. The zero-order chi connectivity index (χ0) is 17.9. The van der Waals surface area contributed by atoms with E-state index >= 15 is 0 Å². The number of rotatable bonds is 17. The maximum atomic E-state index is 10.9. The molecule has 0 atom stereocenters. The van der Waals surface area contributed by atoms with Crippen LogP contribution in [-0.2, 0) is 28.5 Å². The number of ether oxygens (including phenoxy) is 5. The van der Waals surface area contributed by atoms with Crippen LogP contribution in [0, 0.1) is 0 Å². The van der Waals surface area contributed by atoms with E-state index in [1.807, 2.05) is 11.9 Å². The van der Waals surface area contributed by atoms with E-state index in [9.17, 15) is 4.79 Å². The second kappa shape index (κ2) is 18.3. The summed E-state index contributed by atoms with van der Waals surface area (Å²) in [5.74, 6) is -0.349. The third kappa shape index (κ3) is 17.3. The minimum Gasteiger partial charge on any atom is -0.466 e. The summed E-state index contributed by atoms with van der Waals surface area (Å²) < 4.78 is 25.7. The van der Waals surface area contributed by atoms with Crippen LogP contribution in [0.1, 0.15) is 0 Å². The highest BCUT2D eigenvalue weighted by molar-refractivity contribution is 5.81. The van der Waals surface area contributed by atoms with E-state index in [1.165, 1.54) is 13.2 Å². The van der Waals surface area contributed by atoms with Crippen LogP contribution in [-0.4, -0.2) is 103 Å². The van der Waals surface area contributed by atoms with Gasteiger partial charge in [-0.05, 0) is 7.05 Å².